The molecule has 0 fully saturated rings. The van der Waals surface area contributed by atoms with Crippen LogP contribution in [0.15, 0.2) is 24.3 Å². The summed E-state index contributed by atoms with van der Waals surface area (Å²) >= 11 is 0. The van der Waals surface area contributed by atoms with Gasteiger partial charge < -0.3 is 10.8 Å². The van der Waals surface area contributed by atoms with E-state index in [9.17, 15) is 4.79 Å². The summed E-state index contributed by atoms with van der Waals surface area (Å²) in [5, 5.41) is 15.5. The molecule has 0 aliphatic rings. The number of benzene rings is 1. The largest absolute Gasteiger partial charge is 0.481 e. The summed E-state index contributed by atoms with van der Waals surface area (Å²) in [4.78, 5) is 10.6. The van der Waals surface area contributed by atoms with Crippen molar-refractivity contribution in [1.82, 2.24) is 10.2 Å². The molecule has 94 valence electrons. The van der Waals surface area contributed by atoms with Crippen LogP contribution >= 0.6 is 0 Å². The van der Waals surface area contributed by atoms with Gasteiger partial charge in [-0.05, 0) is 18.1 Å². The molecule has 0 unspecified atom stereocenters. The van der Waals surface area contributed by atoms with Crippen molar-refractivity contribution < 1.29 is 9.90 Å². The first kappa shape index (κ1) is 12.2. The van der Waals surface area contributed by atoms with Crippen LogP contribution in [0.25, 0.3) is 11.1 Å². The minimum atomic E-state index is -0.834. The first-order valence-corrected chi connectivity index (χ1v) is 5.70. The highest BCUT2D eigenvalue weighted by molar-refractivity contribution is 5.79. The molecule has 0 atom stereocenters. The average molecular weight is 245 g/mol. The Morgan fingerprint density at radius 2 is 2.17 bits per heavy atom. The average Bonchev–Trinajstić information content (AvgIpc) is 2.69. The van der Waals surface area contributed by atoms with Crippen LogP contribution in [-0.2, 0) is 11.2 Å². The fraction of sp³-hybridized carbons (Fsp3) is 0.231. The number of nitrogens with two attached hydrogens (primary N) is 1. The Balaban J connectivity index is 2.41. The van der Waals surface area contributed by atoms with E-state index in [0.717, 1.165) is 22.4 Å². The Kier molecular flexibility index (Phi) is 3.32. The number of nitrogens with zero attached hydrogens (tertiary/aromatic N) is 1. The molecule has 0 saturated carbocycles. The summed E-state index contributed by atoms with van der Waals surface area (Å²) < 4.78 is 0. The number of nitrogen functional groups attached to an aromatic ring is 1. The van der Waals surface area contributed by atoms with E-state index in [2.05, 4.69) is 10.2 Å². The molecule has 0 amide bonds. The lowest BCUT2D eigenvalue weighted by Crippen LogP contribution is -1.99. The summed E-state index contributed by atoms with van der Waals surface area (Å²) in [6, 6.07) is 7.82. The summed E-state index contributed by atoms with van der Waals surface area (Å²) in [6.45, 7) is 1.99. The first-order valence-electron chi connectivity index (χ1n) is 5.70. The number of aryl methyl sites for hydroxylation is 2. The second-order valence-electron chi connectivity index (χ2n) is 4.17. The zero-order valence-corrected chi connectivity index (χ0v) is 10.1. The second-order valence-corrected chi connectivity index (χ2v) is 4.17. The molecule has 1 aromatic heterocycles. The molecule has 0 bridgehead atoms. The van der Waals surface area contributed by atoms with Gasteiger partial charge in [0.2, 0.25) is 0 Å². The fourth-order valence-electron chi connectivity index (χ4n) is 1.96. The van der Waals surface area contributed by atoms with Crippen LogP contribution in [0.1, 0.15) is 17.7 Å². The molecule has 0 saturated heterocycles. The first-order chi connectivity index (χ1) is 8.59. The minimum absolute atomic E-state index is 0.0561. The van der Waals surface area contributed by atoms with E-state index in [1.54, 1.807) is 0 Å². The maximum absolute atomic E-state index is 10.6. The number of H-pyrrole nitrogens is 1. The number of carbonyl (C=O) groups is 1. The van der Waals surface area contributed by atoms with Crippen LogP contribution < -0.4 is 5.73 Å². The number of hydrogen-bond donors (Lipinski definition) is 3. The molecular weight excluding hydrogens is 230 g/mol. The number of rotatable bonds is 4. The molecule has 4 N–H and O–H groups in total. The van der Waals surface area contributed by atoms with Crippen LogP contribution in [-0.4, -0.2) is 21.3 Å². The molecular formula is C13H15N3O2. The van der Waals surface area contributed by atoms with Gasteiger partial charge in [-0.2, -0.15) is 5.10 Å². The van der Waals surface area contributed by atoms with Crippen molar-refractivity contribution >= 4 is 11.8 Å². The Hall–Kier alpha value is -2.30. The van der Waals surface area contributed by atoms with Gasteiger partial charge in [-0.3, -0.25) is 9.89 Å². The molecule has 18 heavy (non-hydrogen) atoms. The Labute approximate surface area is 105 Å². The van der Waals surface area contributed by atoms with Crippen LogP contribution in [0.5, 0.6) is 0 Å². The van der Waals surface area contributed by atoms with Crippen molar-refractivity contribution in [3.05, 3.63) is 35.5 Å². The summed E-state index contributed by atoms with van der Waals surface area (Å²) in [5.41, 5.74) is 9.52. The maximum Gasteiger partial charge on any atom is 0.303 e. The van der Waals surface area contributed by atoms with E-state index in [0.29, 0.717) is 12.2 Å². The van der Waals surface area contributed by atoms with Gasteiger partial charge in [0.25, 0.3) is 0 Å². The van der Waals surface area contributed by atoms with Gasteiger partial charge >= 0.3 is 5.97 Å². The number of aromatic amines is 1. The third-order valence-electron chi connectivity index (χ3n) is 2.87. The molecule has 2 rings (SSSR count). The summed E-state index contributed by atoms with van der Waals surface area (Å²) in [5.74, 6) is -0.427. The normalized spacial score (nSPS) is 10.5. The third-order valence-corrected chi connectivity index (χ3v) is 2.87. The summed E-state index contributed by atoms with van der Waals surface area (Å²) in [7, 11) is 0. The molecule has 0 radical (unpaired) electrons. The van der Waals surface area contributed by atoms with Crippen molar-refractivity contribution in [2.24, 2.45) is 0 Å². The Morgan fingerprint density at radius 3 is 2.83 bits per heavy atom. The van der Waals surface area contributed by atoms with E-state index < -0.39 is 5.97 Å². The molecule has 0 spiro atoms. The van der Waals surface area contributed by atoms with Crippen molar-refractivity contribution in [2.45, 2.75) is 19.8 Å². The molecule has 1 heterocycles. The smallest absolute Gasteiger partial charge is 0.303 e. The van der Waals surface area contributed by atoms with E-state index in [1.807, 2.05) is 31.2 Å². The number of nitrogens with one attached hydrogen (secondary N) is 1. The zero-order chi connectivity index (χ0) is 13.1. The van der Waals surface area contributed by atoms with E-state index in [4.69, 9.17) is 10.8 Å². The van der Waals surface area contributed by atoms with E-state index in [1.165, 1.54) is 0 Å². The number of aromatic nitrogens is 2. The van der Waals surface area contributed by atoms with Crippen LogP contribution in [0, 0.1) is 6.92 Å². The van der Waals surface area contributed by atoms with Gasteiger partial charge in [-0.15, -0.1) is 0 Å². The highest BCUT2D eigenvalue weighted by atomic mass is 16.4. The second kappa shape index (κ2) is 4.91. The highest BCUT2D eigenvalue weighted by Gasteiger charge is 2.15. The van der Waals surface area contributed by atoms with Crippen LogP contribution in [0.2, 0.25) is 0 Å². The number of carboxylic acid groups (broad SMARTS) is 1. The Morgan fingerprint density at radius 1 is 1.44 bits per heavy atom. The van der Waals surface area contributed by atoms with E-state index in [-0.39, 0.29) is 6.42 Å². The standard InChI is InChI=1S/C13H15N3O2/c1-8-4-2-3-5-9(8)12-10(6-7-11(17)18)15-16-13(12)14/h2-5H,6-7H2,1H3,(H,17,18)(H3,14,15,16). The topological polar surface area (TPSA) is 92.0 Å². The minimum Gasteiger partial charge on any atom is -0.481 e. The van der Waals surface area contributed by atoms with Crippen molar-refractivity contribution in [3.63, 3.8) is 0 Å². The van der Waals surface area contributed by atoms with Crippen molar-refractivity contribution in [1.29, 1.82) is 0 Å². The van der Waals surface area contributed by atoms with Crippen molar-refractivity contribution in [2.75, 3.05) is 5.73 Å². The van der Waals surface area contributed by atoms with Gasteiger partial charge in [0.1, 0.15) is 0 Å². The monoisotopic (exact) mass is 245 g/mol. The van der Waals surface area contributed by atoms with Gasteiger partial charge in [0.15, 0.2) is 5.82 Å². The number of hydrogen-bond acceptors (Lipinski definition) is 3. The molecule has 0 aliphatic heterocycles. The molecule has 5 nitrogen and oxygen atoms in total. The fourth-order valence-corrected chi connectivity index (χ4v) is 1.96. The van der Waals surface area contributed by atoms with Gasteiger partial charge in [-0.25, -0.2) is 0 Å². The predicted octanol–water partition coefficient (Wildman–Crippen LogP) is 1.98. The van der Waals surface area contributed by atoms with Crippen LogP contribution in [0.3, 0.4) is 0 Å². The van der Waals surface area contributed by atoms with Crippen molar-refractivity contribution in [3.8, 4) is 11.1 Å². The van der Waals surface area contributed by atoms with Gasteiger partial charge in [0, 0.05) is 17.7 Å². The quantitative estimate of drug-likeness (QED) is 0.768. The molecule has 2 aromatic rings. The SMILES string of the molecule is Cc1ccccc1-c1c(N)n[nH]c1CCC(=O)O. The predicted molar refractivity (Wildman–Crippen MR) is 69.1 cm³/mol. The molecule has 5 heteroatoms. The molecule has 0 aliphatic carbocycles. The van der Waals surface area contributed by atoms with E-state index >= 15 is 0 Å². The third kappa shape index (κ3) is 2.34. The zero-order valence-electron chi connectivity index (χ0n) is 10.1. The number of aliphatic carboxylic acids is 1. The summed E-state index contributed by atoms with van der Waals surface area (Å²) in [6.07, 6.45) is 0.448. The Bertz CT molecular complexity index is 575. The number of anilines is 1. The number of carboxylic acids is 1. The van der Waals surface area contributed by atoms with Crippen LogP contribution in [0.4, 0.5) is 5.82 Å². The van der Waals surface area contributed by atoms with Gasteiger partial charge in [-0.1, -0.05) is 24.3 Å². The van der Waals surface area contributed by atoms with Gasteiger partial charge in [0.05, 0.1) is 6.42 Å². The lowest BCUT2D eigenvalue weighted by Gasteiger charge is -2.06. The molecule has 1 aromatic carbocycles. The highest BCUT2D eigenvalue weighted by Crippen LogP contribution is 2.30. The maximum atomic E-state index is 10.6. The lowest BCUT2D eigenvalue weighted by atomic mass is 9.98. The lowest BCUT2D eigenvalue weighted by molar-refractivity contribution is -0.136.